The van der Waals surface area contributed by atoms with Crippen molar-refractivity contribution in [3.05, 3.63) is 60.9 Å². The van der Waals surface area contributed by atoms with Crippen molar-refractivity contribution in [3.63, 3.8) is 0 Å². The number of benzene rings is 2. The number of nitrogens with zero attached hydrogens (tertiary/aromatic N) is 5. The van der Waals surface area contributed by atoms with Crippen LogP contribution in [0.3, 0.4) is 0 Å². The van der Waals surface area contributed by atoms with Gasteiger partial charge in [0.2, 0.25) is 11.5 Å². The van der Waals surface area contributed by atoms with Crippen LogP contribution in [0.15, 0.2) is 60.9 Å². The van der Waals surface area contributed by atoms with Crippen LogP contribution in [0.1, 0.15) is 25.7 Å². The fourth-order valence-corrected chi connectivity index (χ4v) is 6.58. The third kappa shape index (κ3) is 10.8. The third-order valence-electron chi connectivity index (χ3n) is 9.55. The summed E-state index contributed by atoms with van der Waals surface area (Å²) in [6.07, 6.45) is 8.54. The van der Waals surface area contributed by atoms with E-state index in [9.17, 15) is 0 Å². The normalized spacial score (nSPS) is 12.2. The molecule has 0 N–H and O–H groups in total. The first-order chi connectivity index (χ1) is 24.3. The molecular weight excluding hydrogens is 741 g/mol. The van der Waals surface area contributed by atoms with E-state index in [1.807, 2.05) is 48.8 Å². The quantitative estimate of drug-likeness (QED) is 0.104. The second-order valence-electron chi connectivity index (χ2n) is 12.4. The Bertz CT molecular complexity index is 1530. The monoisotopic (exact) mass is 793 g/mol. The van der Waals surface area contributed by atoms with Crippen LogP contribution >= 0.6 is 37.2 Å². The van der Waals surface area contributed by atoms with Crippen molar-refractivity contribution in [3.8, 4) is 57.0 Å². The predicted molar refractivity (Wildman–Crippen MR) is 221 cm³/mol. The largest absolute Gasteiger partial charge is 0.493 e. The molecule has 14 heteroatoms. The molecule has 1 aliphatic rings. The second kappa shape index (κ2) is 21.6. The lowest BCUT2D eigenvalue weighted by atomic mass is 10.1. The molecule has 1 aliphatic heterocycles. The number of ether oxygens (including phenoxy) is 6. The molecule has 0 radical (unpaired) electrons. The van der Waals surface area contributed by atoms with Crippen LogP contribution in [-0.2, 0) is 0 Å². The SMILES string of the molecule is COc1cc(-c2ccc(N(C)CCC(CCN(C)c3ccc(-c4cc(OC)c(OC)c(OC)c4)nc3)N3CCCC3)cn2)cc(OC)c1OC.Cl.Cl.Cl. The number of aromatic nitrogens is 2. The van der Waals surface area contributed by atoms with Crippen LogP contribution in [0, 0.1) is 0 Å². The van der Waals surface area contributed by atoms with Gasteiger partial charge in [0.25, 0.3) is 0 Å². The number of pyridine rings is 2. The number of likely N-dealkylation sites (tertiary alicyclic amines) is 1. The molecule has 0 spiro atoms. The maximum atomic E-state index is 5.54. The summed E-state index contributed by atoms with van der Waals surface area (Å²) in [6, 6.07) is 16.5. The molecular formula is C39H54Cl3N5O6. The van der Waals surface area contributed by atoms with Gasteiger partial charge >= 0.3 is 0 Å². The van der Waals surface area contributed by atoms with Crippen molar-refractivity contribution in [1.29, 1.82) is 0 Å². The number of rotatable bonds is 17. The molecule has 2 aromatic carbocycles. The Morgan fingerprint density at radius 1 is 0.566 bits per heavy atom. The lowest BCUT2D eigenvalue weighted by Gasteiger charge is -2.31. The molecule has 0 amide bonds. The van der Waals surface area contributed by atoms with Gasteiger partial charge in [-0.2, -0.15) is 0 Å². The van der Waals surface area contributed by atoms with Crippen molar-refractivity contribution in [1.82, 2.24) is 14.9 Å². The Kier molecular flexibility index (Phi) is 18.4. The lowest BCUT2D eigenvalue weighted by Crippen LogP contribution is -2.38. The lowest BCUT2D eigenvalue weighted by molar-refractivity contribution is 0.222. The Morgan fingerprint density at radius 2 is 0.925 bits per heavy atom. The number of hydrogen-bond acceptors (Lipinski definition) is 11. The van der Waals surface area contributed by atoms with E-state index in [0.717, 1.165) is 72.9 Å². The van der Waals surface area contributed by atoms with Crippen LogP contribution in [-0.4, -0.2) is 104 Å². The molecule has 0 bridgehead atoms. The minimum atomic E-state index is 0. The summed E-state index contributed by atoms with van der Waals surface area (Å²) in [5.74, 6) is 3.55. The summed E-state index contributed by atoms with van der Waals surface area (Å²) < 4.78 is 33.1. The van der Waals surface area contributed by atoms with Gasteiger partial charge in [-0.15, -0.1) is 37.2 Å². The van der Waals surface area contributed by atoms with Gasteiger partial charge in [0.1, 0.15) is 0 Å². The minimum absolute atomic E-state index is 0. The molecule has 0 aliphatic carbocycles. The first-order valence-electron chi connectivity index (χ1n) is 17.0. The van der Waals surface area contributed by atoms with Crippen LogP contribution in [0.2, 0.25) is 0 Å². The first-order valence-corrected chi connectivity index (χ1v) is 17.0. The highest BCUT2D eigenvalue weighted by molar-refractivity contribution is 5.86. The zero-order valence-corrected chi connectivity index (χ0v) is 34.4. The fraction of sp³-hybridized carbons (Fsp3) is 0.436. The molecule has 5 rings (SSSR count). The van der Waals surface area contributed by atoms with Crippen LogP contribution in [0.25, 0.3) is 22.5 Å². The Balaban J connectivity index is 0.00000324. The van der Waals surface area contributed by atoms with Gasteiger partial charge in [-0.25, -0.2) is 0 Å². The Morgan fingerprint density at radius 3 is 1.21 bits per heavy atom. The zero-order chi connectivity index (χ0) is 35.6. The van der Waals surface area contributed by atoms with E-state index < -0.39 is 0 Å². The third-order valence-corrected chi connectivity index (χ3v) is 9.55. The van der Waals surface area contributed by atoms with E-state index in [2.05, 4.69) is 40.9 Å². The summed E-state index contributed by atoms with van der Waals surface area (Å²) >= 11 is 0. The molecule has 3 heterocycles. The molecule has 53 heavy (non-hydrogen) atoms. The van der Waals surface area contributed by atoms with Crippen molar-refractivity contribution in [2.45, 2.75) is 31.7 Å². The van der Waals surface area contributed by atoms with Gasteiger partial charge in [-0.3, -0.25) is 9.97 Å². The van der Waals surface area contributed by atoms with Crippen LogP contribution in [0.4, 0.5) is 11.4 Å². The summed E-state index contributed by atoms with van der Waals surface area (Å²) in [7, 11) is 14.0. The van der Waals surface area contributed by atoms with Crippen molar-refractivity contribution in [2.75, 3.05) is 92.7 Å². The van der Waals surface area contributed by atoms with Gasteiger partial charge in [0.15, 0.2) is 23.0 Å². The zero-order valence-electron chi connectivity index (χ0n) is 31.9. The van der Waals surface area contributed by atoms with E-state index in [4.69, 9.17) is 38.4 Å². The topological polar surface area (TPSA) is 90.9 Å². The average Bonchev–Trinajstić information content (AvgIpc) is 3.71. The van der Waals surface area contributed by atoms with E-state index in [0.29, 0.717) is 40.5 Å². The van der Waals surface area contributed by atoms with E-state index >= 15 is 0 Å². The van der Waals surface area contributed by atoms with Crippen LogP contribution in [0.5, 0.6) is 34.5 Å². The highest BCUT2D eigenvalue weighted by Crippen LogP contribution is 2.42. The molecule has 4 aromatic rings. The second-order valence-corrected chi connectivity index (χ2v) is 12.4. The molecule has 1 saturated heterocycles. The molecule has 0 atom stereocenters. The predicted octanol–water partition coefficient (Wildman–Crippen LogP) is 7.94. The maximum absolute atomic E-state index is 5.54. The van der Waals surface area contributed by atoms with Gasteiger partial charge in [-0.05, 0) is 87.3 Å². The van der Waals surface area contributed by atoms with Gasteiger partial charge in [0, 0.05) is 44.4 Å². The molecule has 11 nitrogen and oxygen atoms in total. The number of hydrogen-bond donors (Lipinski definition) is 0. The minimum Gasteiger partial charge on any atom is -0.493 e. The highest BCUT2D eigenvalue weighted by atomic mass is 35.5. The summed E-state index contributed by atoms with van der Waals surface area (Å²) in [5.41, 5.74) is 5.64. The van der Waals surface area contributed by atoms with Gasteiger partial charge in [-0.1, -0.05) is 0 Å². The highest BCUT2D eigenvalue weighted by Gasteiger charge is 2.23. The molecule has 292 valence electrons. The number of anilines is 2. The van der Waals surface area contributed by atoms with Crippen LogP contribution < -0.4 is 38.2 Å². The van der Waals surface area contributed by atoms with Crippen molar-refractivity contribution < 1.29 is 28.4 Å². The number of methoxy groups -OCH3 is 6. The van der Waals surface area contributed by atoms with E-state index in [1.54, 1.807) is 42.7 Å². The maximum Gasteiger partial charge on any atom is 0.203 e. The first kappa shape index (κ1) is 45.1. The summed E-state index contributed by atoms with van der Waals surface area (Å²) in [6.45, 7) is 4.19. The summed E-state index contributed by atoms with van der Waals surface area (Å²) in [4.78, 5) is 16.8. The number of halogens is 3. The fourth-order valence-electron chi connectivity index (χ4n) is 6.58. The summed E-state index contributed by atoms with van der Waals surface area (Å²) in [5, 5.41) is 0. The smallest absolute Gasteiger partial charge is 0.203 e. The molecule has 0 saturated carbocycles. The van der Waals surface area contributed by atoms with Crippen molar-refractivity contribution in [2.24, 2.45) is 0 Å². The Hall–Kier alpha value is -4.03. The standard InChI is InChI=1S/C39H51N5O6.3ClH/c1-42(30-11-13-32(40-25-30)27-21-34(45-3)38(49-7)35(22-27)46-4)19-15-29(44-17-9-10-18-44)16-20-43(2)31-12-14-33(41-26-31)28-23-36(47-5)39(50-8)37(24-28)48-6;;;/h11-14,21-26,29H,9-10,15-20H2,1-8H3;3*1H. The molecule has 1 fully saturated rings. The van der Waals surface area contributed by atoms with Gasteiger partial charge < -0.3 is 43.1 Å². The van der Waals surface area contributed by atoms with Crippen molar-refractivity contribution >= 4 is 48.6 Å². The average molecular weight is 795 g/mol. The van der Waals surface area contributed by atoms with E-state index in [1.165, 1.54) is 12.8 Å². The van der Waals surface area contributed by atoms with Gasteiger partial charge in [0.05, 0.1) is 77.8 Å². The van der Waals surface area contributed by atoms with E-state index in [-0.39, 0.29) is 37.2 Å². The molecule has 0 unspecified atom stereocenters. The Labute approximate surface area is 333 Å². The molecule has 2 aromatic heterocycles.